The normalized spacial score (nSPS) is 12.3. The Hall–Kier alpha value is -0.763. The maximum Gasteiger partial charge on any atom is 0.118 e. The minimum absolute atomic E-state index is 0.152. The van der Waals surface area contributed by atoms with Gasteiger partial charge in [0.15, 0.2) is 0 Å². The summed E-state index contributed by atoms with van der Waals surface area (Å²) in [5.74, 6) is 0.951. The van der Waals surface area contributed by atoms with Crippen LogP contribution in [0.5, 0.6) is 5.75 Å². The Morgan fingerprint density at radius 2 is 1.62 bits per heavy atom. The third kappa shape index (κ3) is 3.64. The van der Waals surface area contributed by atoms with Gasteiger partial charge in [0.25, 0.3) is 0 Å². The summed E-state index contributed by atoms with van der Waals surface area (Å²) in [6, 6.07) is 8.48. The van der Waals surface area contributed by atoms with Gasteiger partial charge in [-0.05, 0) is 17.2 Å². The summed E-state index contributed by atoms with van der Waals surface area (Å²) in [6.07, 6.45) is 0. The molecule has 0 spiro atoms. The molecule has 0 fully saturated rings. The van der Waals surface area contributed by atoms with Crippen molar-refractivity contribution in [1.29, 1.82) is 0 Å². The number of hydrogen-bond donors (Lipinski definition) is 0. The highest BCUT2D eigenvalue weighted by atomic mass is 28.2. The number of hydrogen-bond acceptors (Lipinski definition) is 1. The Labute approximate surface area is 82.9 Å². The molecule has 13 heavy (non-hydrogen) atoms. The number of benzene rings is 1. The predicted octanol–water partition coefficient (Wildman–Crippen LogP) is 1.71. The molecule has 0 aromatic heterocycles. The minimum atomic E-state index is -0.152. The van der Waals surface area contributed by atoms with Crippen molar-refractivity contribution in [2.45, 2.75) is 25.8 Å². The molecule has 0 radical (unpaired) electrons. The number of ether oxygens (including phenoxy) is 1. The van der Waals surface area contributed by atoms with Gasteiger partial charge < -0.3 is 4.74 Å². The van der Waals surface area contributed by atoms with E-state index in [-0.39, 0.29) is 9.52 Å². The van der Waals surface area contributed by atoms with Crippen molar-refractivity contribution in [2.24, 2.45) is 0 Å². The molecule has 1 rings (SSSR count). The van der Waals surface area contributed by atoms with E-state index in [1.165, 1.54) is 5.19 Å². The maximum absolute atomic E-state index is 5.11. The summed E-state index contributed by atoms with van der Waals surface area (Å²) < 4.78 is 5.11. The van der Waals surface area contributed by atoms with Gasteiger partial charge in [-0.15, -0.1) is 0 Å². The fraction of sp³-hybridized carbons (Fsp3) is 0.455. The molecule has 2 heteroatoms. The summed E-state index contributed by atoms with van der Waals surface area (Å²) in [5.41, 5.74) is 0. The average molecular weight is 194 g/mol. The molecular weight excluding hydrogens is 176 g/mol. The average Bonchev–Trinajstić information content (AvgIpc) is 2.03. The van der Waals surface area contributed by atoms with Gasteiger partial charge in [0.2, 0.25) is 0 Å². The van der Waals surface area contributed by atoms with Crippen molar-refractivity contribution in [3.63, 3.8) is 0 Å². The third-order valence-corrected chi connectivity index (χ3v) is 3.83. The van der Waals surface area contributed by atoms with Crippen LogP contribution in [0.25, 0.3) is 0 Å². The molecule has 1 aromatic rings. The van der Waals surface area contributed by atoms with Crippen LogP contribution in [0.4, 0.5) is 0 Å². The Balaban J connectivity index is 2.70. The molecule has 0 bridgehead atoms. The van der Waals surface area contributed by atoms with Crippen molar-refractivity contribution in [1.82, 2.24) is 0 Å². The Kier molecular flexibility index (Phi) is 3.15. The molecule has 72 valence electrons. The number of rotatable bonds is 2. The lowest BCUT2D eigenvalue weighted by molar-refractivity contribution is 0.415. The van der Waals surface area contributed by atoms with E-state index >= 15 is 0 Å². The van der Waals surface area contributed by atoms with Crippen molar-refractivity contribution in [3.05, 3.63) is 24.3 Å². The summed E-state index contributed by atoms with van der Waals surface area (Å²) in [4.78, 5) is 0. The van der Waals surface area contributed by atoms with E-state index in [9.17, 15) is 0 Å². The zero-order valence-electron chi connectivity index (χ0n) is 8.92. The molecular formula is C11H18OSi. The van der Waals surface area contributed by atoms with Crippen LogP contribution in [0.1, 0.15) is 20.8 Å². The zero-order chi connectivity index (χ0) is 9.90. The first kappa shape index (κ1) is 10.3. The van der Waals surface area contributed by atoms with Crippen LogP contribution in [-0.4, -0.2) is 16.6 Å². The fourth-order valence-corrected chi connectivity index (χ4v) is 3.05. The Bertz CT molecular complexity index is 258. The van der Waals surface area contributed by atoms with Crippen molar-refractivity contribution in [2.75, 3.05) is 7.11 Å². The predicted molar refractivity (Wildman–Crippen MR) is 60.9 cm³/mol. The van der Waals surface area contributed by atoms with E-state index in [1.54, 1.807) is 7.11 Å². The Morgan fingerprint density at radius 3 is 2.00 bits per heavy atom. The monoisotopic (exact) mass is 194 g/mol. The second-order valence-corrected chi connectivity index (χ2v) is 7.88. The molecule has 1 aromatic carbocycles. The van der Waals surface area contributed by atoms with Crippen LogP contribution in [0.3, 0.4) is 0 Å². The molecule has 0 N–H and O–H groups in total. The fourth-order valence-electron chi connectivity index (χ4n) is 1.36. The van der Waals surface area contributed by atoms with E-state index in [0.29, 0.717) is 5.04 Å². The van der Waals surface area contributed by atoms with Gasteiger partial charge in [0.05, 0.1) is 16.6 Å². The van der Waals surface area contributed by atoms with Crippen LogP contribution in [0.2, 0.25) is 5.04 Å². The Morgan fingerprint density at radius 1 is 1.08 bits per heavy atom. The first-order valence-electron chi connectivity index (χ1n) is 4.64. The summed E-state index contributed by atoms with van der Waals surface area (Å²) in [5, 5.41) is 2.00. The second kappa shape index (κ2) is 3.96. The second-order valence-electron chi connectivity index (χ2n) is 4.59. The van der Waals surface area contributed by atoms with E-state index < -0.39 is 0 Å². The van der Waals surface area contributed by atoms with Gasteiger partial charge in [-0.25, -0.2) is 0 Å². The zero-order valence-corrected chi connectivity index (χ0v) is 10.3. The molecule has 0 unspecified atom stereocenters. The van der Waals surface area contributed by atoms with E-state index in [2.05, 4.69) is 32.9 Å². The van der Waals surface area contributed by atoms with Gasteiger partial charge >= 0.3 is 0 Å². The van der Waals surface area contributed by atoms with Crippen LogP contribution < -0.4 is 9.92 Å². The third-order valence-electron chi connectivity index (χ3n) is 1.89. The van der Waals surface area contributed by atoms with Gasteiger partial charge in [0, 0.05) is 0 Å². The van der Waals surface area contributed by atoms with Crippen molar-refractivity contribution < 1.29 is 4.74 Å². The molecule has 0 aliphatic rings. The summed E-state index contributed by atoms with van der Waals surface area (Å²) >= 11 is 0. The largest absolute Gasteiger partial charge is 0.497 e. The molecule has 0 saturated heterocycles. The molecule has 0 amide bonds. The number of methoxy groups -OCH3 is 1. The SMILES string of the molecule is COc1ccc([SiH2]C(C)(C)C)cc1. The first-order chi connectivity index (χ1) is 6.01. The quantitative estimate of drug-likeness (QED) is 0.651. The van der Waals surface area contributed by atoms with Crippen molar-refractivity contribution in [3.8, 4) is 5.75 Å². The summed E-state index contributed by atoms with van der Waals surface area (Å²) in [7, 11) is 1.55. The van der Waals surface area contributed by atoms with Crippen LogP contribution in [-0.2, 0) is 0 Å². The highest BCUT2D eigenvalue weighted by Crippen LogP contribution is 2.19. The van der Waals surface area contributed by atoms with Crippen LogP contribution in [0, 0.1) is 0 Å². The molecule has 0 saturated carbocycles. The smallest absolute Gasteiger partial charge is 0.118 e. The molecule has 0 heterocycles. The topological polar surface area (TPSA) is 9.23 Å². The summed E-state index contributed by atoms with van der Waals surface area (Å²) in [6.45, 7) is 6.93. The lowest BCUT2D eigenvalue weighted by atomic mass is 10.2. The first-order valence-corrected chi connectivity index (χ1v) is 6.06. The highest BCUT2D eigenvalue weighted by molar-refractivity contribution is 6.56. The van der Waals surface area contributed by atoms with Crippen LogP contribution >= 0.6 is 0 Å². The molecule has 1 nitrogen and oxygen atoms in total. The standard InChI is InChI=1S/C11H18OSi/c1-11(2,3)13-10-7-5-9(12-4)6-8-10/h5-8H,13H2,1-4H3. The van der Waals surface area contributed by atoms with Crippen molar-refractivity contribution >= 4 is 14.7 Å². The molecule has 0 atom stereocenters. The van der Waals surface area contributed by atoms with Crippen LogP contribution in [0.15, 0.2) is 24.3 Å². The maximum atomic E-state index is 5.11. The lowest BCUT2D eigenvalue weighted by Crippen LogP contribution is -2.22. The molecule has 0 aliphatic carbocycles. The minimum Gasteiger partial charge on any atom is -0.497 e. The van der Waals surface area contributed by atoms with Gasteiger partial charge in [-0.1, -0.05) is 38.1 Å². The molecule has 0 aliphatic heterocycles. The van der Waals surface area contributed by atoms with Gasteiger partial charge in [-0.3, -0.25) is 0 Å². The lowest BCUT2D eigenvalue weighted by Gasteiger charge is -2.17. The van der Waals surface area contributed by atoms with E-state index in [1.807, 2.05) is 12.1 Å². The van der Waals surface area contributed by atoms with Gasteiger partial charge in [0.1, 0.15) is 5.75 Å². The van der Waals surface area contributed by atoms with E-state index in [0.717, 1.165) is 5.75 Å². The van der Waals surface area contributed by atoms with Gasteiger partial charge in [-0.2, -0.15) is 0 Å². The van der Waals surface area contributed by atoms with E-state index in [4.69, 9.17) is 4.74 Å². The highest BCUT2D eigenvalue weighted by Gasteiger charge is 2.11.